The third kappa shape index (κ3) is 4.49. The van der Waals surface area contributed by atoms with E-state index >= 15 is 0 Å². The van der Waals surface area contributed by atoms with Crippen LogP contribution in [-0.4, -0.2) is 35.2 Å². The maximum Gasteiger partial charge on any atom is 0.335 e. The summed E-state index contributed by atoms with van der Waals surface area (Å²) in [5, 5.41) is 16.1. The number of carboxylic acids is 1. The molecule has 3 aromatic rings. The van der Waals surface area contributed by atoms with E-state index in [1.54, 1.807) is 44.2 Å². The average molecular weight is 428 g/mol. The molecule has 30 heavy (non-hydrogen) atoms. The first-order chi connectivity index (χ1) is 14.1. The molecule has 1 heterocycles. The fraction of sp³-hybridized carbons (Fsp3) is 0.150. The molecule has 0 aliphatic heterocycles. The van der Waals surface area contributed by atoms with Crippen LogP contribution in [-0.2, 0) is 14.8 Å². The number of aryl methyl sites for hydroxylation is 2. The lowest BCUT2D eigenvalue weighted by molar-refractivity contribution is -0.114. The minimum absolute atomic E-state index is 0.109. The van der Waals surface area contributed by atoms with Gasteiger partial charge < -0.3 is 10.4 Å². The van der Waals surface area contributed by atoms with Crippen LogP contribution < -0.4 is 10.0 Å². The largest absolute Gasteiger partial charge is 0.478 e. The van der Waals surface area contributed by atoms with Crippen LogP contribution in [0.2, 0.25) is 0 Å². The van der Waals surface area contributed by atoms with Crippen LogP contribution in [0.5, 0.6) is 0 Å². The SMILES string of the molecule is CC(=O)Nc1cc(C)nn1-c1ccc(NS(=O)(=O)c2cc(C(=O)O)ccc2C)cc1. The van der Waals surface area contributed by atoms with Crippen molar-refractivity contribution in [1.29, 1.82) is 0 Å². The molecule has 3 rings (SSSR count). The number of aromatic nitrogens is 2. The molecule has 2 aromatic carbocycles. The van der Waals surface area contributed by atoms with Gasteiger partial charge in [0.1, 0.15) is 5.82 Å². The summed E-state index contributed by atoms with van der Waals surface area (Å²) in [6, 6.07) is 12.0. The van der Waals surface area contributed by atoms with Gasteiger partial charge in [0.2, 0.25) is 5.91 Å². The second-order valence-electron chi connectivity index (χ2n) is 6.70. The van der Waals surface area contributed by atoms with Crippen LogP contribution in [0.1, 0.15) is 28.5 Å². The van der Waals surface area contributed by atoms with Gasteiger partial charge in [0.25, 0.3) is 10.0 Å². The molecule has 0 bridgehead atoms. The molecule has 10 heteroatoms. The Bertz CT molecular complexity index is 1230. The summed E-state index contributed by atoms with van der Waals surface area (Å²) < 4.78 is 29.5. The number of rotatable bonds is 6. The fourth-order valence-electron chi connectivity index (χ4n) is 2.87. The molecule has 1 aromatic heterocycles. The highest BCUT2D eigenvalue weighted by atomic mass is 32.2. The Balaban J connectivity index is 1.89. The monoisotopic (exact) mass is 428 g/mol. The molecule has 1 amide bonds. The van der Waals surface area contributed by atoms with E-state index in [0.717, 1.165) is 6.07 Å². The summed E-state index contributed by atoms with van der Waals surface area (Å²) in [5.41, 5.74) is 1.94. The van der Waals surface area contributed by atoms with Crippen molar-refractivity contribution in [3.05, 3.63) is 65.4 Å². The lowest BCUT2D eigenvalue weighted by Gasteiger charge is -2.12. The molecule has 0 aliphatic rings. The molecule has 156 valence electrons. The van der Waals surface area contributed by atoms with E-state index in [0.29, 0.717) is 28.5 Å². The highest BCUT2D eigenvalue weighted by molar-refractivity contribution is 7.92. The van der Waals surface area contributed by atoms with Gasteiger partial charge in [0.15, 0.2) is 0 Å². The Kier molecular flexibility index (Phi) is 5.61. The molecule has 0 unspecified atom stereocenters. The van der Waals surface area contributed by atoms with Crippen molar-refractivity contribution < 1.29 is 23.1 Å². The van der Waals surface area contributed by atoms with Crippen LogP contribution in [0, 0.1) is 13.8 Å². The van der Waals surface area contributed by atoms with Gasteiger partial charge in [-0.05, 0) is 55.8 Å². The highest BCUT2D eigenvalue weighted by Gasteiger charge is 2.19. The van der Waals surface area contributed by atoms with Gasteiger partial charge in [0, 0.05) is 18.7 Å². The summed E-state index contributed by atoms with van der Waals surface area (Å²) >= 11 is 0. The summed E-state index contributed by atoms with van der Waals surface area (Å²) in [6.07, 6.45) is 0. The Labute approximate surface area is 173 Å². The van der Waals surface area contributed by atoms with E-state index in [-0.39, 0.29) is 16.4 Å². The zero-order chi connectivity index (χ0) is 22.1. The van der Waals surface area contributed by atoms with Crippen molar-refractivity contribution in [2.75, 3.05) is 10.0 Å². The standard InChI is InChI=1S/C20H20N4O5S/c1-12-4-5-15(20(26)27)11-18(12)30(28,29)23-16-6-8-17(9-7-16)24-19(21-14(3)25)10-13(2)22-24/h4-11,23H,1-3H3,(H,21,25)(H,26,27). The number of hydrogen-bond donors (Lipinski definition) is 3. The molecule has 9 nitrogen and oxygen atoms in total. The van der Waals surface area contributed by atoms with E-state index in [1.807, 2.05) is 0 Å². The minimum Gasteiger partial charge on any atom is -0.478 e. The van der Waals surface area contributed by atoms with E-state index < -0.39 is 16.0 Å². The molecule has 0 aliphatic carbocycles. The summed E-state index contributed by atoms with van der Waals surface area (Å²) in [4.78, 5) is 22.4. The fourth-order valence-corrected chi connectivity index (χ4v) is 4.20. The number of nitrogens with zero attached hydrogens (tertiary/aromatic N) is 2. The Morgan fingerprint density at radius 3 is 2.30 bits per heavy atom. The molecular formula is C20H20N4O5S. The Hall–Kier alpha value is -3.66. The first-order valence-electron chi connectivity index (χ1n) is 8.88. The quantitative estimate of drug-likeness (QED) is 0.553. The molecule has 0 saturated carbocycles. The van der Waals surface area contributed by atoms with Crippen LogP contribution in [0.4, 0.5) is 11.5 Å². The van der Waals surface area contributed by atoms with Gasteiger partial charge in [-0.3, -0.25) is 9.52 Å². The number of carbonyl (C=O) groups excluding carboxylic acids is 1. The normalized spacial score (nSPS) is 11.2. The van der Waals surface area contributed by atoms with Crippen LogP contribution >= 0.6 is 0 Å². The molecule has 0 radical (unpaired) electrons. The number of carbonyl (C=O) groups is 2. The number of nitrogens with one attached hydrogen (secondary N) is 2. The zero-order valence-electron chi connectivity index (χ0n) is 16.5. The lowest BCUT2D eigenvalue weighted by atomic mass is 10.1. The van der Waals surface area contributed by atoms with Crippen molar-refractivity contribution in [2.24, 2.45) is 0 Å². The Morgan fingerprint density at radius 1 is 1.03 bits per heavy atom. The highest BCUT2D eigenvalue weighted by Crippen LogP contribution is 2.23. The van der Waals surface area contributed by atoms with E-state index in [9.17, 15) is 18.0 Å². The van der Waals surface area contributed by atoms with Gasteiger partial charge in [-0.1, -0.05) is 6.07 Å². The maximum absolute atomic E-state index is 12.8. The first kappa shape index (κ1) is 21.1. The smallest absolute Gasteiger partial charge is 0.335 e. The molecular weight excluding hydrogens is 408 g/mol. The van der Waals surface area contributed by atoms with Crippen molar-refractivity contribution in [1.82, 2.24) is 9.78 Å². The van der Waals surface area contributed by atoms with Gasteiger partial charge in [-0.2, -0.15) is 5.10 Å². The third-order valence-corrected chi connectivity index (χ3v) is 5.75. The third-order valence-electron chi connectivity index (χ3n) is 4.22. The van der Waals surface area contributed by atoms with Crippen LogP contribution in [0.15, 0.2) is 53.4 Å². The number of sulfonamides is 1. The molecule has 3 N–H and O–H groups in total. The molecule has 0 fully saturated rings. The van der Waals surface area contributed by atoms with Crippen molar-refractivity contribution in [3.63, 3.8) is 0 Å². The zero-order valence-corrected chi connectivity index (χ0v) is 17.3. The summed E-state index contributed by atoms with van der Waals surface area (Å²) in [7, 11) is -3.99. The van der Waals surface area contributed by atoms with E-state index in [4.69, 9.17) is 5.11 Å². The van der Waals surface area contributed by atoms with Crippen molar-refractivity contribution in [3.8, 4) is 5.69 Å². The number of aromatic carboxylic acids is 1. The maximum atomic E-state index is 12.8. The summed E-state index contributed by atoms with van der Waals surface area (Å²) in [5.74, 6) is -0.950. The predicted molar refractivity (Wildman–Crippen MR) is 112 cm³/mol. The number of amides is 1. The number of anilines is 2. The van der Waals surface area contributed by atoms with Gasteiger partial charge in [0.05, 0.1) is 21.8 Å². The summed E-state index contributed by atoms with van der Waals surface area (Å²) in [6.45, 7) is 4.77. The average Bonchev–Trinajstić information content (AvgIpc) is 3.01. The molecule has 0 saturated heterocycles. The van der Waals surface area contributed by atoms with Crippen molar-refractivity contribution in [2.45, 2.75) is 25.7 Å². The van der Waals surface area contributed by atoms with E-state index in [2.05, 4.69) is 15.1 Å². The molecule has 0 atom stereocenters. The van der Waals surface area contributed by atoms with Crippen molar-refractivity contribution >= 4 is 33.4 Å². The lowest BCUT2D eigenvalue weighted by Crippen LogP contribution is -2.15. The van der Waals surface area contributed by atoms with Gasteiger partial charge in [-0.25, -0.2) is 17.9 Å². The topological polar surface area (TPSA) is 130 Å². The second-order valence-corrected chi connectivity index (χ2v) is 8.35. The Morgan fingerprint density at radius 2 is 1.70 bits per heavy atom. The van der Waals surface area contributed by atoms with Crippen LogP contribution in [0.3, 0.4) is 0 Å². The van der Waals surface area contributed by atoms with Gasteiger partial charge in [-0.15, -0.1) is 0 Å². The predicted octanol–water partition coefficient (Wildman–Crippen LogP) is 2.95. The van der Waals surface area contributed by atoms with Gasteiger partial charge >= 0.3 is 5.97 Å². The second kappa shape index (κ2) is 7.99. The number of hydrogen-bond acceptors (Lipinski definition) is 5. The number of benzene rings is 2. The number of carboxylic acid groups (broad SMARTS) is 1. The van der Waals surface area contributed by atoms with E-state index in [1.165, 1.54) is 23.7 Å². The molecule has 0 spiro atoms. The first-order valence-corrected chi connectivity index (χ1v) is 10.4. The van der Waals surface area contributed by atoms with Crippen LogP contribution in [0.25, 0.3) is 5.69 Å². The minimum atomic E-state index is -3.99.